The van der Waals surface area contributed by atoms with Gasteiger partial charge in [0.15, 0.2) is 0 Å². The molecule has 0 heterocycles. The monoisotopic (exact) mass is 239 g/mol. The predicted molar refractivity (Wildman–Crippen MR) is 59.0 cm³/mol. The van der Waals surface area contributed by atoms with Gasteiger partial charge in [-0.3, -0.25) is 0 Å². The molecule has 0 bridgehead atoms. The lowest BCUT2D eigenvalue weighted by Gasteiger charge is -2.05. The highest BCUT2D eigenvalue weighted by atomic mass is 35.5. The Bertz CT molecular complexity index is 308. The van der Waals surface area contributed by atoms with Crippen molar-refractivity contribution in [2.24, 2.45) is 10.8 Å². The summed E-state index contributed by atoms with van der Waals surface area (Å²) in [4.78, 5) is 0. The standard InChI is InChI=1S/C9H18ClNO2S/c1-8(2)7(9(8,3)4)11-14(12,13)6-5-10/h7,11H,5-6H2,1-4H3. The van der Waals surface area contributed by atoms with Crippen molar-refractivity contribution in [2.75, 3.05) is 11.6 Å². The Balaban J connectivity index is 2.66. The first-order valence-electron chi connectivity index (χ1n) is 4.71. The molecule has 84 valence electrons. The fraction of sp³-hybridized carbons (Fsp3) is 1.00. The van der Waals surface area contributed by atoms with Crippen LogP contribution in [0.3, 0.4) is 0 Å². The molecule has 0 aliphatic heterocycles. The Labute approximate surface area is 91.3 Å². The largest absolute Gasteiger partial charge is 0.213 e. The van der Waals surface area contributed by atoms with Crippen LogP contribution in [0.15, 0.2) is 0 Å². The van der Waals surface area contributed by atoms with E-state index in [9.17, 15) is 8.42 Å². The quantitative estimate of drug-likeness (QED) is 0.758. The third kappa shape index (κ3) is 1.92. The van der Waals surface area contributed by atoms with Gasteiger partial charge in [-0.1, -0.05) is 27.7 Å². The summed E-state index contributed by atoms with van der Waals surface area (Å²) in [6.45, 7) is 8.28. The second kappa shape index (κ2) is 3.35. The maximum atomic E-state index is 11.5. The summed E-state index contributed by atoms with van der Waals surface area (Å²) in [5.74, 6) is 0.139. The summed E-state index contributed by atoms with van der Waals surface area (Å²) < 4.78 is 25.6. The van der Waals surface area contributed by atoms with E-state index in [1.807, 2.05) is 0 Å². The van der Waals surface area contributed by atoms with E-state index in [0.29, 0.717) is 0 Å². The van der Waals surface area contributed by atoms with E-state index in [1.165, 1.54) is 0 Å². The molecule has 0 spiro atoms. The lowest BCUT2D eigenvalue weighted by molar-refractivity contribution is 0.457. The molecular weight excluding hydrogens is 222 g/mol. The first-order valence-corrected chi connectivity index (χ1v) is 6.90. The van der Waals surface area contributed by atoms with Crippen LogP contribution in [0.2, 0.25) is 0 Å². The molecule has 5 heteroatoms. The van der Waals surface area contributed by atoms with Gasteiger partial charge in [0.05, 0.1) is 5.75 Å². The van der Waals surface area contributed by atoms with Crippen LogP contribution in [-0.2, 0) is 10.0 Å². The summed E-state index contributed by atoms with van der Waals surface area (Å²) in [6.07, 6.45) is 0. The van der Waals surface area contributed by atoms with Gasteiger partial charge >= 0.3 is 0 Å². The summed E-state index contributed by atoms with van der Waals surface area (Å²) >= 11 is 5.41. The van der Waals surface area contributed by atoms with Crippen LogP contribution in [-0.4, -0.2) is 26.1 Å². The van der Waals surface area contributed by atoms with Gasteiger partial charge in [0, 0.05) is 11.9 Å². The van der Waals surface area contributed by atoms with Crippen LogP contribution < -0.4 is 4.72 Å². The van der Waals surface area contributed by atoms with Crippen LogP contribution in [0.25, 0.3) is 0 Å². The number of sulfonamides is 1. The van der Waals surface area contributed by atoms with Crippen LogP contribution in [0, 0.1) is 10.8 Å². The number of rotatable bonds is 4. The molecule has 0 atom stereocenters. The molecule has 0 amide bonds. The molecule has 0 saturated heterocycles. The molecule has 0 aromatic carbocycles. The van der Waals surface area contributed by atoms with Gasteiger partial charge in [-0.15, -0.1) is 11.6 Å². The summed E-state index contributed by atoms with van der Waals surface area (Å²) in [5.41, 5.74) is 0.0682. The fourth-order valence-corrected chi connectivity index (χ4v) is 3.71. The van der Waals surface area contributed by atoms with E-state index in [1.54, 1.807) is 0 Å². The number of hydrogen-bond donors (Lipinski definition) is 1. The zero-order valence-corrected chi connectivity index (χ0v) is 10.7. The second-order valence-corrected chi connectivity index (χ2v) is 7.25. The van der Waals surface area contributed by atoms with Crippen molar-refractivity contribution >= 4 is 21.6 Å². The zero-order valence-electron chi connectivity index (χ0n) is 9.09. The van der Waals surface area contributed by atoms with E-state index in [0.717, 1.165) is 0 Å². The van der Waals surface area contributed by atoms with Gasteiger partial charge in [0.2, 0.25) is 10.0 Å². The molecule has 1 rings (SSSR count). The van der Waals surface area contributed by atoms with E-state index >= 15 is 0 Å². The van der Waals surface area contributed by atoms with Crippen LogP contribution in [0.5, 0.6) is 0 Å². The Hall–Kier alpha value is 0.200. The minimum atomic E-state index is -3.19. The maximum Gasteiger partial charge on any atom is 0.213 e. The van der Waals surface area contributed by atoms with Crippen molar-refractivity contribution in [1.82, 2.24) is 4.72 Å². The van der Waals surface area contributed by atoms with Gasteiger partial charge in [0.1, 0.15) is 0 Å². The van der Waals surface area contributed by atoms with Crippen molar-refractivity contribution in [2.45, 2.75) is 33.7 Å². The molecule has 3 nitrogen and oxygen atoms in total. The topological polar surface area (TPSA) is 46.2 Å². The van der Waals surface area contributed by atoms with E-state index < -0.39 is 10.0 Å². The highest BCUT2D eigenvalue weighted by molar-refractivity contribution is 7.89. The lowest BCUT2D eigenvalue weighted by Crippen LogP contribution is -2.32. The van der Waals surface area contributed by atoms with E-state index in [-0.39, 0.29) is 28.5 Å². The highest BCUT2D eigenvalue weighted by Gasteiger charge is 2.65. The average molecular weight is 240 g/mol. The normalized spacial score (nSPS) is 24.9. The van der Waals surface area contributed by atoms with E-state index in [4.69, 9.17) is 11.6 Å². The van der Waals surface area contributed by atoms with Crippen molar-refractivity contribution in [3.63, 3.8) is 0 Å². The van der Waals surface area contributed by atoms with Crippen LogP contribution in [0.1, 0.15) is 27.7 Å². The summed E-state index contributed by atoms with van der Waals surface area (Å²) in [6, 6.07) is 0.0308. The molecule has 0 aromatic rings. The molecule has 1 aliphatic rings. The van der Waals surface area contributed by atoms with Gasteiger partial charge in [-0.25, -0.2) is 13.1 Å². The fourth-order valence-electron chi connectivity index (χ4n) is 1.83. The van der Waals surface area contributed by atoms with E-state index in [2.05, 4.69) is 32.4 Å². The third-order valence-electron chi connectivity index (χ3n) is 3.66. The maximum absolute atomic E-state index is 11.5. The molecule has 1 fully saturated rings. The number of alkyl halides is 1. The van der Waals surface area contributed by atoms with Gasteiger partial charge in [-0.05, 0) is 10.8 Å². The SMILES string of the molecule is CC1(C)C(NS(=O)(=O)CCCl)C1(C)C. The summed E-state index contributed by atoms with van der Waals surface area (Å²) in [5, 5.41) is 0. The zero-order chi connectivity index (χ0) is 11.2. The molecule has 0 unspecified atom stereocenters. The Kier molecular flexibility index (Phi) is 2.94. The third-order valence-corrected chi connectivity index (χ3v) is 5.41. The number of hydrogen-bond acceptors (Lipinski definition) is 2. The number of nitrogens with one attached hydrogen (secondary N) is 1. The molecule has 0 radical (unpaired) electrons. The van der Waals surface area contributed by atoms with Crippen LogP contribution in [0.4, 0.5) is 0 Å². The van der Waals surface area contributed by atoms with Crippen LogP contribution >= 0.6 is 11.6 Å². The molecular formula is C9H18ClNO2S. The van der Waals surface area contributed by atoms with Crippen molar-refractivity contribution < 1.29 is 8.42 Å². The predicted octanol–water partition coefficient (Wildman–Crippen LogP) is 1.58. The molecule has 1 N–H and O–H groups in total. The van der Waals surface area contributed by atoms with Gasteiger partial charge in [-0.2, -0.15) is 0 Å². The molecule has 0 aromatic heterocycles. The van der Waals surface area contributed by atoms with Crippen molar-refractivity contribution in [3.8, 4) is 0 Å². The first kappa shape index (κ1) is 12.3. The number of halogens is 1. The Morgan fingerprint density at radius 1 is 1.21 bits per heavy atom. The second-order valence-electron chi connectivity index (χ2n) is 5.00. The average Bonchev–Trinajstić information content (AvgIpc) is 2.32. The molecule has 1 aliphatic carbocycles. The van der Waals surface area contributed by atoms with Gasteiger partial charge < -0.3 is 0 Å². The highest BCUT2D eigenvalue weighted by Crippen LogP contribution is 2.62. The molecule has 14 heavy (non-hydrogen) atoms. The lowest BCUT2D eigenvalue weighted by atomic mass is 10.0. The Morgan fingerprint density at radius 3 is 1.93 bits per heavy atom. The van der Waals surface area contributed by atoms with Crippen molar-refractivity contribution in [3.05, 3.63) is 0 Å². The first-order chi connectivity index (χ1) is 6.15. The molecule has 1 saturated carbocycles. The van der Waals surface area contributed by atoms with Crippen molar-refractivity contribution in [1.29, 1.82) is 0 Å². The summed E-state index contributed by atoms with van der Waals surface area (Å²) in [7, 11) is -3.19. The van der Waals surface area contributed by atoms with Gasteiger partial charge in [0.25, 0.3) is 0 Å². The smallest absolute Gasteiger partial charge is 0.212 e. The minimum Gasteiger partial charge on any atom is -0.212 e. The minimum absolute atomic E-state index is 0.00276. The Morgan fingerprint density at radius 2 is 1.64 bits per heavy atom.